The summed E-state index contributed by atoms with van der Waals surface area (Å²) < 4.78 is 23.1. The second-order valence-electron chi connectivity index (χ2n) is 6.86. The average Bonchev–Trinajstić information content (AvgIpc) is 3.34. The monoisotopic (exact) mass is 380 g/mol. The molecule has 2 fully saturated rings. The predicted molar refractivity (Wildman–Crippen MR) is 93.8 cm³/mol. The highest BCUT2D eigenvalue weighted by Crippen LogP contribution is 2.38. The van der Waals surface area contributed by atoms with Crippen molar-refractivity contribution in [3.63, 3.8) is 0 Å². The summed E-state index contributed by atoms with van der Waals surface area (Å²) in [6.45, 7) is 1.91. The fourth-order valence-electron chi connectivity index (χ4n) is 3.44. The number of fused-ring (bicyclic) bond motifs is 1. The number of anilines is 2. The van der Waals surface area contributed by atoms with E-state index in [1.165, 1.54) is 0 Å². The third-order valence-electron chi connectivity index (χ3n) is 5.10. The van der Waals surface area contributed by atoms with Crippen LogP contribution in [-0.4, -0.2) is 56.5 Å². The number of nitrogens with zero attached hydrogens (tertiary/aromatic N) is 5. The topological polar surface area (TPSA) is 129 Å². The van der Waals surface area contributed by atoms with Gasteiger partial charge in [-0.1, -0.05) is 6.92 Å². The highest BCUT2D eigenvalue weighted by atomic mass is 31.1. The van der Waals surface area contributed by atoms with E-state index < -0.39 is 27.1 Å². The average molecular weight is 380 g/mol. The lowest BCUT2D eigenvalue weighted by Crippen LogP contribution is -2.28. The number of hydrogen-bond donors (Lipinski definition) is 2. The van der Waals surface area contributed by atoms with Gasteiger partial charge in [0.15, 0.2) is 17.0 Å². The molecule has 1 aliphatic carbocycles. The Bertz CT molecular complexity index is 828. The molecule has 1 saturated heterocycles. The first-order valence-corrected chi connectivity index (χ1v) is 9.25. The van der Waals surface area contributed by atoms with Gasteiger partial charge in [0, 0.05) is 19.0 Å². The molecule has 0 aromatic carbocycles. The summed E-state index contributed by atoms with van der Waals surface area (Å²) >= 11 is 0. The van der Waals surface area contributed by atoms with E-state index in [1.807, 2.05) is 14.0 Å². The van der Waals surface area contributed by atoms with Gasteiger partial charge in [-0.3, -0.25) is 9.09 Å². The molecule has 10 nitrogen and oxygen atoms in total. The maximum Gasteiger partial charge on any atom is 0.327 e. The standard InChI is InChI=1S/C15H21N6O4P/c1-7-11(22)9(5-24-26-23)25-14(7)21-6-17-10-12(20(2)8-3-4-8)18-15(16)19-13(10)21/h6-9,11,14,22H,3-5H2,1-2H3,(H2,16,18,19)/t7-,9?,11-,14+/m0/s1. The summed E-state index contributed by atoms with van der Waals surface area (Å²) in [6.07, 6.45) is 2.05. The van der Waals surface area contributed by atoms with Crippen LogP contribution >= 0.6 is 8.69 Å². The zero-order valence-electron chi connectivity index (χ0n) is 14.5. The molecule has 2 aliphatic rings. The van der Waals surface area contributed by atoms with E-state index in [0.29, 0.717) is 23.0 Å². The Labute approximate surface area is 151 Å². The number of nitrogens with two attached hydrogens (primary N) is 1. The lowest BCUT2D eigenvalue weighted by Gasteiger charge is -2.19. The molecule has 11 heteroatoms. The molecule has 26 heavy (non-hydrogen) atoms. The summed E-state index contributed by atoms with van der Waals surface area (Å²) in [6, 6.07) is 0.453. The third kappa shape index (κ3) is 2.92. The molecule has 0 radical (unpaired) electrons. The van der Waals surface area contributed by atoms with Crippen molar-refractivity contribution in [1.82, 2.24) is 19.5 Å². The van der Waals surface area contributed by atoms with Crippen LogP contribution in [0.15, 0.2) is 6.33 Å². The van der Waals surface area contributed by atoms with Crippen molar-refractivity contribution in [3.8, 4) is 0 Å². The molecular weight excluding hydrogens is 359 g/mol. The molecule has 1 saturated carbocycles. The lowest BCUT2D eigenvalue weighted by molar-refractivity contribution is -0.0380. The van der Waals surface area contributed by atoms with E-state index in [-0.39, 0.29) is 18.5 Å². The Morgan fingerprint density at radius 2 is 2.27 bits per heavy atom. The van der Waals surface area contributed by atoms with Crippen molar-refractivity contribution in [2.24, 2.45) is 5.92 Å². The van der Waals surface area contributed by atoms with Crippen LogP contribution in [0.25, 0.3) is 11.2 Å². The second-order valence-corrected chi connectivity index (χ2v) is 7.26. The minimum Gasteiger partial charge on any atom is -0.390 e. The normalized spacial score (nSPS) is 28.9. The van der Waals surface area contributed by atoms with Gasteiger partial charge in [-0.15, -0.1) is 0 Å². The fraction of sp³-hybridized carbons (Fsp3) is 0.667. The molecule has 4 rings (SSSR count). The maximum absolute atomic E-state index is 10.5. The number of aliphatic hydroxyl groups excluding tert-OH is 1. The molecular formula is C15H21N6O4P. The minimum atomic E-state index is -0.757. The van der Waals surface area contributed by atoms with Crippen LogP contribution in [0.5, 0.6) is 0 Å². The lowest BCUT2D eigenvalue weighted by atomic mass is 10.0. The first-order chi connectivity index (χ1) is 12.5. The van der Waals surface area contributed by atoms with Crippen LogP contribution in [0.1, 0.15) is 26.0 Å². The van der Waals surface area contributed by atoms with Crippen LogP contribution < -0.4 is 10.6 Å². The quantitative estimate of drug-likeness (QED) is 0.708. The summed E-state index contributed by atoms with van der Waals surface area (Å²) in [7, 11) is 1.54. The molecule has 1 aliphatic heterocycles. The van der Waals surface area contributed by atoms with Gasteiger partial charge >= 0.3 is 8.69 Å². The van der Waals surface area contributed by atoms with Crippen molar-refractivity contribution in [3.05, 3.63) is 6.33 Å². The third-order valence-corrected chi connectivity index (χ3v) is 5.35. The molecule has 0 spiro atoms. The van der Waals surface area contributed by atoms with Crippen molar-refractivity contribution in [2.75, 3.05) is 24.3 Å². The Morgan fingerprint density at radius 1 is 1.50 bits per heavy atom. The van der Waals surface area contributed by atoms with Crippen LogP contribution in [0.3, 0.4) is 0 Å². The largest absolute Gasteiger partial charge is 0.390 e. The van der Waals surface area contributed by atoms with E-state index in [2.05, 4.69) is 19.9 Å². The first-order valence-electron chi connectivity index (χ1n) is 8.52. The molecule has 2 aromatic rings. The van der Waals surface area contributed by atoms with E-state index >= 15 is 0 Å². The molecule has 3 heterocycles. The molecule has 3 N–H and O–H groups in total. The van der Waals surface area contributed by atoms with Gasteiger partial charge in [-0.05, 0) is 12.8 Å². The molecule has 1 unspecified atom stereocenters. The molecule has 2 aromatic heterocycles. The Kier molecular flexibility index (Phi) is 4.52. The van der Waals surface area contributed by atoms with Crippen molar-refractivity contribution in [2.45, 2.75) is 44.2 Å². The van der Waals surface area contributed by atoms with Gasteiger partial charge in [-0.2, -0.15) is 9.97 Å². The van der Waals surface area contributed by atoms with Crippen LogP contribution in [-0.2, 0) is 13.8 Å². The van der Waals surface area contributed by atoms with Gasteiger partial charge in [0.05, 0.1) is 19.0 Å². The minimum absolute atomic E-state index is 0.0342. The van der Waals surface area contributed by atoms with E-state index in [0.717, 1.165) is 12.8 Å². The number of ether oxygens (including phenoxy) is 1. The summed E-state index contributed by atoms with van der Waals surface area (Å²) in [5.41, 5.74) is 7.14. The Morgan fingerprint density at radius 3 is 2.96 bits per heavy atom. The van der Waals surface area contributed by atoms with Crippen molar-refractivity contribution >= 4 is 31.6 Å². The van der Waals surface area contributed by atoms with E-state index in [1.54, 1.807) is 10.9 Å². The van der Waals surface area contributed by atoms with Crippen LogP contribution in [0.2, 0.25) is 0 Å². The van der Waals surface area contributed by atoms with Crippen LogP contribution in [0.4, 0.5) is 11.8 Å². The van der Waals surface area contributed by atoms with Gasteiger partial charge in [0.1, 0.15) is 12.3 Å². The van der Waals surface area contributed by atoms with Gasteiger partial charge in [0.2, 0.25) is 5.95 Å². The van der Waals surface area contributed by atoms with Crippen LogP contribution in [0, 0.1) is 5.92 Å². The Balaban J connectivity index is 1.70. The van der Waals surface area contributed by atoms with Crippen molar-refractivity contribution in [1.29, 1.82) is 0 Å². The number of aromatic nitrogens is 4. The number of hydrogen-bond acceptors (Lipinski definition) is 9. The first kappa shape index (κ1) is 17.5. The number of rotatable bonds is 6. The van der Waals surface area contributed by atoms with E-state index in [4.69, 9.17) is 15.0 Å². The second kappa shape index (κ2) is 6.70. The number of imidazole rings is 1. The zero-order valence-corrected chi connectivity index (χ0v) is 15.4. The Hall–Kier alpha value is -1.87. The maximum atomic E-state index is 10.5. The fourth-order valence-corrected chi connectivity index (χ4v) is 3.64. The molecule has 0 bridgehead atoms. The number of aliphatic hydroxyl groups is 1. The van der Waals surface area contributed by atoms with Gasteiger partial charge in [0.25, 0.3) is 0 Å². The summed E-state index contributed by atoms with van der Waals surface area (Å²) in [5, 5.41) is 10.4. The van der Waals surface area contributed by atoms with Gasteiger partial charge < -0.3 is 20.5 Å². The van der Waals surface area contributed by atoms with E-state index in [9.17, 15) is 9.67 Å². The predicted octanol–water partition coefficient (Wildman–Crippen LogP) is 1.12. The SMILES string of the molecule is C[C@H]1[C@H](O)C(COP=O)O[C@H]1n1cnc2c(N(C)C3CC3)nc(N)nc21. The summed E-state index contributed by atoms with van der Waals surface area (Å²) in [5.74, 6) is 0.632. The zero-order chi connectivity index (χ0) is 18.4. The molecule has 4 atom stereocenters. The highest BCUT2D eigenvalue weighted by Gasteiger charge is 2.43. The molecule has 0 amide bonds. The highest BCUT2D eigenvalue weighted by molar-refractivity contribution is 7.17. The molecule has 140 valence electrons. The summed E-state index contributed by atoms with van der Waals surface area (Å²) in [4.78, 5) is 15.3. The number of nitrogen functional groups attached to an aromatic ring is 1. The van der Waals surface area contributed by atoms with Gasteiger partial charge in [-0.25, -0.2) is 9.55 Å². The smallest absolute Gasteiger partial charge is 0.327 e. The van der Waals surface area contributed by atoms with Crippen molar-refractivity contribution < 1.29 is 18.9 Å².